The molecule has 0 radical (unpaired) electrons. The van der Waals surface area contributed by atoms with E-state index in [1.165, 1.54) is 36.0 Å². The molecule has 2 aromatic carbocycles. The van der Waals surface area contributed by atoms with Gasteiger partial charge in [-0.05, 0) is 86.6 Å². The fourth-order valence-electron chi connectivity index (χ4n) is 5.01. The van der Waals surface area contributed by atoms with Crippen molar-refractivity contribution >= 4 is 10.8 Å². The molecule has 2 heteroatoms. The molecule has 2 nitrogen and oxygen atoms in total. The predicted octanol–water partition coefficient (Wildman–Crippen LogP) is 8.72. The number of aryl methyl sites for hydroxylation is 1. The van der Waals surface area contributed by atoms with E-state index in [1.54, 1.807) is 7.11 Å². The Hall–Kier alpha value is -2.84. The summed E-state index contributed by atoms with van der Waals surface area (Å²) in [5.41, 5.74) is 7.43. The van der Waals surface area contributed by atoms with Gasteiger partial charge in [0.2, 0.25) is 0 Å². The van der Waals surface area contributed by atoms with Gasteiger partial charge in [0.05, 0.1) is 13.2 Å². The Morgan fingerprint density at radius 2 is 1.76 bits per heavy atom. The van der Waals surface area contributed by atoms with Crippen LogP contribution in [0.1, 0.15) is 71.1 Å². The van der Waals surface area contributed by atoms with Crippen LogP contribution < -0.4 is 4.74 Å². The van der Waals surface area contributed by atoms with Crippen molar-refractivity contribution in [2.75, 3.05) is 7.11 Å². The standard InChI is InChI=1S/C32H40O2/c1-22(17-18-29-24(3)14-11-19-32(29,5)6)12-10-13-23(2)20-30(33)28-21-31(34-7)27-16-9-8-15-26(27)25(28)4/h8-10,12-13,15-18,20-21,30,33H,11,14,19H2,1-7H3. The number of rotatable bonds is 7. The van der Waals surface area contributed by atoms with Gasteiger partial charge in [-0.15, -0.1) is 0 Å². The number of fused-ring (bicyclic) bond motifs is 1. The van der Waals surface area contributed by atoms with Gasteiger partial charge in [-0.2, -0.15) is 0 Å². The number of hydrogen-bond donors (Lipinski definition) is 1. The Balaban J connectivity index is 1.75. The van der Waals surface area contributed by atoms with Crippen LogP contribution in [0.25, 0.3) is 10.8 Å². The molecule has 0 saturated carbocycles. The third kappa shape index (κ3) is 5.98. The minimum absolute atomic E-state index is 0.258. The molecule has 0 aromatic heterocycles. The van der Waals surface area contributed by atoms with Crippen LogP contribution in [0, 0.1) is 12.3 Å². The molecule has 1 aliphatic rings. The minimum atomic E-state index is -0.698. The lowest BCUT2D eigenvalue weighted by atomic mass is 9.72. The van der Waals surface area contributed by atoms with E-state index in [0.717, 1.165) is 33.2 Å². The van der Waals surface area contributed by atoms with Gasteiger partial charge in [0.1, 0.15) is 5.75 Å². The van der Waals surface area contributed by atoms with Gasteiger partial charge < -0.3 is 9.84 Å². The predicted molar refractivity (Wildman–Crippen MR) is 146 cm³/mol. The first kappa shape index (κ1) is 25.8. The van der Waals surface area contributed by atoms with Crippen molar-refractivity contribution in [3.05, 3.63) is 100 Å². The zero-order valence-electron chi connectivity index (χ0n) is 21.9. The lowest BCUT2D eigenvalue weighted by molar-refractivity contribution is 0.227. The average molecular weight is 457 g/mol. The zero-order valence-corrected chi connectivity index (χ0v) is 21.9. The molecule has 1 N–H and O–H groups in total. The summed E-state index contributed by atoms with van der Waals surface area (Å²) in [4.78, 5) is 0. The van der Waals surface area contributed by atoms with E-state index in [2.05, 4.69) is 71.1 Å². The summed E-state index contributed by atoms with van der Waals surface area (Å²) in [5, 5.41) is 13.1. The molecule has 0 heterocycles. The molecular weight excluding hydrogens is 416 g/mol. The minimum Gasteiger partial charge on any atom is -0.496 e. The smallest absolute Gasteiger partial charge is 0.127 e. The third-order valence-corrected chi connectivity index (χ3v) is 7.05. The van der Waals surface area contributed by atoms with E-state index in [0.29, 0.717) is 0 Å². The monoisotopic (exact) mass is 456 g/mol. The topological polar surface area (TPSA) is 29.5 Å². The van der Waals surface area contributed by atoms with E-state index in [4.69, 9.17) is 4.74 Å². The molecule has 0 amide bonds. The van der Waals surface area contributed by atoms with Gasteiger partial charge in [0, 0.05) is 5.39 Å². The Morgan fingerprint density at radius 3 is 2.44 bits per heavy atom. The van der Waals surface area contributed by atoms with Gasteiger partial charge in [0.25, 0.3) is 0 Å². The van der Waals surface area contributed by atoms with Crippen molar-refractivity contribution in [3.63, 3.8) is 0 Å². The molecule has 1 unspecified atom stereocenters. The number of hydrogen-bond acceptors (Lipinski definition) is 2. The van der Waals surface area contributed by atoms with Crippen LogP contribution in [0.5, 0.6) is 5.75 Å². The normalized spacial score (nSPS) is 18.4. The SMILES string of the molecule is COc1cc(C(O)C=C(C)C=CC=C(C)C=CC2=C(C)CCCC2(C)C)c(C)c2ccccc12. The van der Waals surface area contributed by atoms with Crippen LogP contribution in [0.2, 0.25) is 0 Å². The zero-order chi connectivity index (χ0) is 24.9. The van der Waals surface area contributed by atoms with Crippen LogP contribution in [-0.2, 0) is 0 Å². The first-order valence-corrected chi connectivity index (χ1v) is 12.3. The average Bonchev–Trinajstić information content (AvgIpc) is 2.78. The fourth-order valence-corrected chi connectivity index (χ4v) is 5.01. The summed E-state index contributed by atoms with van der Waals surface area (Å²) in [6.07, 6.45) is 15.7. The van der Waals surface area contributed by atoms with Crippen molar-refractivity contribution in [2.45, 2.75) is 66.9 Å². The second-order valence-corrected chi connectivity index (χ2v) is 10.2. The fraction of sp³-hybridized carbons (Fsp3) is 0.375. The van der Waals surface area contributed by atoms with Crippen LogP contribution in [0.4, 0.5) is 0 Å². The van der Waals surface area contributed by atoms with Crippen LogP contribution in [0.3, 0.4) is 0 Å². The molecule has 0 spiro atoms. The highest BCUT2D eigenvalue weighted by atomic mass is 16.5. The molecule has 34 heavy (non-hydrogen) atoms. The quantitative estimate of drug-likeness (QED) is 0.422. The van der Waals surface area contributed by atoms with Crippen molar-refractivity contribution in [1.82, 2.24) is 0 Å². The third-order valence-electron chi connectivity index (χ3n) is 7.05. The second-order valence-electron chi connectivity index (χ2n) is 10.2. The van der Waals surface area contributed by atoms with Crippen LogP contribution in [-0.4, -0.2) is 12.2 Å². The molecule has 0 saturated heterocycles. The molecule has 180 valence electrons. The molecule has 1 aliphatic carbocycles. The number of ether oxygens (including phenoxy) is 1. The lowest BCUT2D eigenvalue weighted by Gasteiger charge is -2.32. The van der Waals surface area contributed by atoms with E-state index in [1.807, 2.05) is 37.3 Å². The summed E-state index contributed by atoms with van der Waals surface area (Å²) in [7, 11) is 1.67. The molecule has 3 rings (SSSR count). The van der Waals surface area contributed by atoms with Gasteiger partial charge in [-0.1, -0.05) is 85.2 Å². The second kappa shape index (κ2) is 11.1. The highest BCUT2D eigenvalue weighted by Crippen LogP contribution is 2.41. The van der Waals surface area contributed by atoms with Crippen molar-refractivity contribution in [3.8, 4) is 5.75 Å². The Bertz CT molecular complexity index is 1180. The maximum Gasteiger partial charge on any atom is 0.127 e. The highest BCUT2D eigenvalue weighted by molar-refractivity contribution is 5.92. The van der Waals surface area contributed by atoms with Crippen LogP contribution >= 0.6 is 0 Å². The summed E-state index contributed by atoms with van der Waals surface area (Å²) in [6.45, 7) is 13.2. The van der Waals surface area contributed by atoms with E-state index in [9.17, 15) is 5.11 Å². The largest absolute Gasteiger partial charge is 0.496 e. The van der Waals surface area contributed by atoms with Crippen molar-refractivity contribution in [1.29, 1.82) is 0 Å². The molecule has 0 aliphatic heterocycles. The van der Waals surface area contributed by atoms with E-state index >= 15 is 0 Å². The number of allylic oxidation sites excluding steroid dienone is 9. The first-order chi connectivity index (χ1) is 16.1. The van der Waals surface area contributed by atoms with E-state index in [-0.39, 0.29) is 5.41 Å². The van der Waals surface area contributed by atoms with Gasteiger partial charge in [-0.3, -0.25) is 0 Å². The maximum absolute atomic E-state index is 11.0. The van der Waals surface area contributed by atoms with Crippen molar-refractivity contribution < 1.29 is 9.84 Å². The molecule has 0 bridgehead atoms. The highest BCUT2D eigenvalue weighted by Gasteiger charge is 2.26. The molecule has 1 atom stereocenters. The molecule has 2 aromatic rings. The molecule has 0 fully saturated rings. The van der Waals surface area contributed by atoms with Gasteiger partial charge >= 0.3 is 0 Å². The first-order valence-electron chi connectivity index (χ1n) is 12.3. The Kier molecular flexibility index (Phi) is 8.38. The maximum atomic E-state index is 11.0. The number of aliphatic hydroxyl groups is 1. The van der Waals surface area contributed by atoms with Crippen LogP contribution in [0.15, 0.2) is 89.1 Å². The summed E-state index contributed by atoms with van der Waals surface area (Å²) >= 11 is 0. The number of methoxy groups -OCH3 is 1. The van der Waals surface area contributed by atoms with E-state index < -0.39 is 6.10 Å². The lowest BCUT2D eigenvalue weighted by Crippen LogP contribution is -2.19. The van der Waals surface area contributed by atoms with Gasteiger partial charge in [-0.25, -0.2) is 0 Å². The van der Waals surface area contributed by atoms with Gasteiger partial charge in [0.15, 0.2) is 0 Å². The number of aliphatic hydroxyl groups excluding tert-OH is 1. The Labute approximate surface area is 206 Å². The summed E-state index contributed by atoms with van der Waals surface area (Å²) < 4.78 is 5.59. The molecular formula is C32H40O2. The number of benzene rings is 2. The van der Waals surface area contributed by atoms with Crippen molar-refractivity contribution in [2.24, 2.45) is 5.41 Å². The Morgan fingerprint density at radius 1 is 1.06 bits per heavy atom. The summed E-state index contributed by atoms with van der Waals surface area (Å²) in [6, 6.07) is 10.1. The summed E-state index contributed by atoms with van der Waals surface area (Å²) in [5.74, 6) is 0.786.